The lowest BCUT2D eigenvalue weighted by molar-refractivity contribution is -0.142. The number of amides is 1. The van der Waals surface area contributed by atoms with Gasteiger partial charge in [0.2, 0.25) is 5.91 Å². The van der Waals surface area contributed by atoms with Gasteiger partial charge in [0.05, 0.1) is 12.0 Å². The smallest absolute Gasteiger partial charge is 0.228 e. The molecule has 3 heteroatoms. The van der Waals surface area contributed by atoms with E-state index in [0.717, 1.165) is 13.0 Å². The molecule has 0 saturated carbocycles. The first-order valence-corrected chi connectivity index (χ1v) is 7.25. The van der Waals surface area contributed by atoms with Crippen molar-refractivity contribution in [1.29, 1.82) is 0 Å². The van der Waals surface area contributed by atoms with Crippen molar-refractivity contribution in [2.45, 2.75) is 59.6 Å². The van der Waals surface area contributed by atoms with E-state index in [-0.39, 0.29) is 17.9 Å². The fourth-order valence-corrected chi connectivity index (χ4v) is 3.11. The van der Waals surface area contributed by atoms with Crippen LogP contribution in [0.1, 0.15) is 47.5 Å². The second-order valence-electron chi connectivity index (χ2n) is 6.06. The molecule has 0 bridgehead atoms. The molecule has 4 atom stereocenters. The molecule has 3 unspecified atom stereocenters. The summed E-state index contributed by atoms with van der Waals surface area (Å²) in [6.45, 7) is 11.5. The van der Waals surface area contributed by atoms with Crippen molar-refractivity contribution < 1.29 is 9.53 Å². The molecule has 0 aromatic carbocycles. The number of methoxy groups -OCH3 is 1. The lowest BCUT2D eigenvalue weighted by Crippen LogP contribution is -2.44. The number of hydrogen-bond acceptors (Lipinski definition) is 2. The van der Waals surface area contributed by atoms with Crippen LogP contribution >= 0.6 is 0 Å². The van der Waals surface area contributed by atoms with Crippen molar-refractivity contribution in [2.75, 3.05) is 13.7 Å². The summed E-state index contributed by atoms with van der Waals surface area (Å²) >= 11 is 0. The Morgan fingerprint density at radius 2 is 2.00 bits per heavy atom. The Morgan fingerprint density at radius 1 is 1.39 bits per heavy atom. The molecule has 1 aliphatic rings. The number of nitrogens with zero attached hydrogens (tertiary/aromatic N) is 1. The topological polar surface area (TPSA) is 29.5 Å². The minimum Gasteiger partial charge on any atom is -0.381 e. The Bertz CT molecular complexity index is 278. The zero-order valence-corrected chi connectivity index (χ0v) is 12.8. The largest absolute Gasteiger partial charge is 0.381 e. The van der Waals surface area contributed by atoms with Crippen molar-refractivity contribution in [3.8, 4) is 0 Å². The molecule has 0 radical (unpaired) electrons. The van der Waals surface area contributed by atoms with Gasteiger partial charge >= 0.3 is 0 Å². The van der Waals surface area contributed by atoms with Gasteiger partial charge in [0.25, 0.3) is 0 Å². The molecule has 0 aliphatic carbocycles. The van der Waals surface area contributed by atoms with Gasteiger partial charge in [-0.2, -0.15) is 0 Å². The number of rotatable bonds is 5. The number of carbonyl (C=O) groups excluding carboxylic acids is 1. The summed E-state index contributed by atoms with van der Waals surface area (Å²) in [4.78, 5) is 14.8. The van der Waals surface area contributed by atoms with Crippen molar-refractivity contribution in [3.63, 3.8) is 0 Å². The molecule has 0 N–H and O–H groups in total. The maximum absolute atomic E-state index is 12.7. The quantitative estimate of drug-likeness (QED) is 0.756. The number of carbonyl (C=O) groups is 1. The normalized spacial score (nSPS) is 27.6. The van der Waals surface area contributed by atoms with Gasteiger partial charge in [0.1, 0.15) is 0 Å². The first-order chi connectivity index (χ1) is 8.42. The third kappa shape index (κ3) is 3.25. The number of ether oxygens (including phenoxy) is 1. The van der Waals surface area contributed by atoms with Crippen LogP contribution in [0.3, 0.4) is 0 Å². The molecule has 0 aromatic heterocycles. The van der Waals surface area contributed by atoms with E-state index in [2.05, 4.69) is 32.6 Å². The fraction of sp³-hybridized carbons (Fsp3) is 0.933. The van der Waals surface area contributed by atoms with Gasteiger partial charge in [0, 0.05) is 19.7 Å². The van der Waals surface area contributed by atoms with Crippen LogP contribution in [0.25, 0.3) is 0 Å². The van der Waals surface area contributed by atoms with Crippen molar-refractivity contribution in [2.24, 2.45) is 17.8 Å². The molecule has 3 nitrogen and oxygen atoms in total. The summed E-state index contributed by atoms with van der Waals surface area (Å²) in [7, 11) is 1.69. The Morgan fingerprint density at radius 3 is 2.39 bits per heavy atom. The van der Waals surface area contributed by atoms with Gasteiger partial charge < -0.3 is 9.64 Å². The third-order valence-electron chi connectivity index (χ3n) is 4.40. The predicted octanol–water partition coefficient (Wildman–Crippen LogP) is 2.94. The van der Waals surface area contributed by atoms with Crippen LogP contribution in [-0.4, -0.2) is 36.6 Å². The predicted molar refractivity (Wildman–Crippen MR) is 74.4 cm³/mol. The highest BCUT2D eigenvalue weighted by molar-refractivity contribution is 5.80. The molecule has 1 saturated heterocycles. The number of hydrogen-bond donors (Lipinski definition) is 0. The maximum Gasteiger partial charge on any atom is 0.228 e. The Balaban J connectivity index is 2.78. The molecule has 1 aliphatic heterocycles. The summed E-state index contributed by atoms with van der Waals surface area (Å²) in [6, 6.07) is 0.382. The Hall–Kier alpha value is -0.570. The summed E-state index contributed by atoms with van der Waals surface area (Å²) in [5, 5.41) is 0. The van der Waals surface area contributed by atoms with E-state index < -0.39 is 0 Å². The van der Waals surface area contributed by atoms with E-state index in [4.69, 9.17) is 4.74 Å². The SMILES string of the molecule is CCC1C[C@@H](C)N(C(=O)C(C(C)C)C(C)OC)C1. The van der Waals surface area contributed by atoms with Gasteiger partial charge in [-0.1, -0.05) is 27.2 Å². The molecule has 1 rings (SSSR count). The maximum atomic E-state index is 12.7. The average Bonchev–Trinajstić information content (AvgIpc) is 2.69. The molecule has 1 heterocycles. The van der Waals surface area contributed by atoms with Crippen LogP contribution in [0.2, 0.25) is 0 Å². The van der Waals surface area contributed by atoms with Gasteiger partial charge in [-0.05, 0) is 32.1 Å². The van der Waals surface area contributed by atoms with Gasteiger partial charge in [-0.3, -0.25) is 4.79 Å². The van der Waals surface area contributed by atoms with Crippen LogP contribution in [0.15, 0.2) is 0 Å². The molecule has 18 heavy (non-hydrogen) atoms. The van der Waals surface area contributed by atoms with E-state index in [1.165, 1.54) is 6.42 Å². The molecule has 1 amide bonds. The summed E-state index contributed by atoms with van der Waals surface area (Å²) < 4.78 is 5.40. The molecule has 0 spiro atoms. The van der Waals surface area contributed by atoms with Crippen molar-refractivity contribution in [1.82, 2.24) is 4.90 Å². The van der Waals surface area contributed by atoms with Crippen molar-refractivity contribution in [3.05, 3.63) is 0 Å². The standard InChI is InChI=1S/C15H29NO2/c1-7-13-8-11(4)16(9-13)15(17)14(10(2)3)12(5)18-6/h10-14H,7-9H2,1-6H3/t11-,12?,13?,14?/m1/s1. The first-order valence-electron chi connectivity index (χ1n) is 7.25. The van der Waals surface area contributed by atoms with E-state index in [1.807, 2.05) is 6.92 Å². The van der Waals surface area contributed by atoms with E-state index >= 15 is 0 Å². The number of likely N-dealkylation sites (tertiary alicyclic amines) is 1. The van der Waals surface area contributed by atoms with Crippen LogP contribution in [0, 0.1) is 17.8 Å². The first kappa shape index (κ1) is 15.5. The van der Waals surface area contributed by atoms with E-state index in [9.17, 15) is 4.79 Å². The molecular formula is C15H29NO2. The Kier molecular flexibility index (Phi) is 5.64. The highest BCUT2D eigenvalue weighted by atomic mass is 16.5. The fourth-order valence-electron chi connectivity index (χ4n) is 3.11. The van der Waals surface area contributed by atoms with Gasteiger partial charge in [-0.15, -0.1) is 0 Å². The van der Waals surface area contributed by atoms with Crippen LogP contribution in [0.4, 0.5) is 0 Å². The highest BCUT2D eigenvalue weighted by Gasteiger charge is 2.38. The van der Waals surface area contributed by atoms with Crippen LogP contribution < -0.4 is 0 Å². The second-order valence-corrected chi connectivity index (χ2v) is 6.06. The van der Waals surface area contributed by atoms with Gasteiger partial charge in [0.15, 0.2) is 0 Å². The molecular weight excluding hydrogens is 226 g/mol. The monoisotopic (exact) mass is 255 g/mol. The zero-order valence-electron chi connectivity index (χ0n) is 12.8. The lowest BCUT2D eigenvalue weighted by Gasteiger charge is -2.32. The second kappa shape index (κ2) is 6.55. The lowest BCUT2D eigenvalue weighted by atomic mass is 9.89. The van der Waals surface area contributed by atoms with Gasteiger partial charge in [-0.25, -0.2) is 0 Å². The van der Waals surface area contributed by atoms with Crippen molar-refractivity contribution >= 4 is 5.91 Å². The van der Waals surface area contributed by atoms with Crippen LogP contribution in [0.5, 0.6) is 0 Å². The summed E-state index contributed by atoms with van der Waals surface area (Å²) in [6.07, 6.45) is 2.31. The average molecular weight is 255 g/mol. The van der Waals surface area contributed by atoms with E-state index in [0.29, 0.717) is 17.9 Å². The molecule has 0 aromatic rings. The highest BCUT2D eigenvalue weighted by Crippen LogP contribution is 2.29. The summed E-state index contributed by atoms with van der Waals surface area (Å²) in [5.74, 6) is 1.26. The minimum absolute atomic E-state index is 0.00891. The Labute approximate surface area is 112 Å². The zero-order chi connectivity index (χ0) is 13.9. The molecule has 1 fully saturated rings. The van der Waals surface area contributed by atoms with E-state index in [1.54, 1.807) is 7.11 Å². The van der Waals surface area contributed by atoms with Crippen LogP contribution in [-0.2, 0) is 9.53 Å². The third-order valence-corrected chi connectivity index (χ3v) is 4.40. The summed E-state index contributed by atoms with van der Waals surface area (Å²) in [5.41, 5.74) is 0. The molecule has 106 valence electrons. The minimum atomic E-state index is -0.0203.